The first-order valence-electron chi connectivity index (χ1n) is 10.4. The van der Waals surface area contributed by atoms with E-state index < -0.39 is 13.9 Å². The number of hydrogen-bond acceptors (Lipinski definition) is 2. The molecule has 1 N–H and O–H groups in total. The van der Waals surface area contributed by atoms with E-state index in [1.807, 2.05) is 0 Å². The van der Waals surface area contributed by atoms with Crippen molar-refractivity contribution in [2.45, 2.75) is 102 Å². The minimum atomic E-state index is -1.48. The Bertz CT molecular complexity index is 549. The van der Waals surface area contributed by atoms with Crippen molar-refractivity contribution in [3.63, 3.8) is 0 Å². The molecule has 0 radical (unpaired) electrons. The van der Waals surface area contributed by atoms with Gasteiger partial charge in [-0.2, -0.15) is 0 Å². The molecule has 0 aliphatic heterocycles. The lowest BCUT2D eigenvalue weighted by Crippen LogP contribution is -2.48. The van der Waals surface area contributed by atoms with Crippen LogP contribution >= 0.6 is 0 Å². The molecule has 0 bridgehead atoms. The molecule has 0 saturated heterocycles. The molecule has 24 heavy (non-hydrogen) atoms. The van der Waals surface area contributed by atoms with E-state index in [1.165, 1.54) is 56.9 Å². The Labute approximate surface area is 149 Å². The number of rotatable bonds is 2. The molecular weight excluding hydrogens is 312 g/mol. The maximum atomic E-state index is 11.2. The second kappa shape index (κ2) is 5.69. The number of fused-ring (bicyclic) bond motifs is 4. The highest BCUT2D eigenvalue weighted by Gasteiger charge is 2.56. The molecule has 0 aromatic carbocycles. The van der Waals surface area contributed by atoms with Crippen LogP contribution in [-0.2, 0) is 4.43 Å². The van der Waals surface area contributed by atoms with Gasteiger partial charge in [0.05, 0.1) is 11.7 Å². The van der Waals surface area contributed by atoms with Crippen LogP contribution in [0.25, 0.3) is 0 Å². The maximum absolute atomic E-state index is 11.2. The first kappa shape index (κ1) is 17.3. The lowest BCUT2D eigenvalue weighted by molar-refractivity contribution is -0.0154. The smallest absolute Gasteiger partial charge is 0.184 e. The monoisotopic (exact) mass is 348 g/mol. The van der Waals surface area contributed by atoms with E-state index >= 15 is 0 Å². The Balaban J connectivity index is 1.63. The minimum Gasteiger partial charge on any atom is -0.414 e. The predicted molar refractivity (Wildman–Crippen MR) is 101 cm³/mol. The van der Waals surface area contributed by atoms with Gasteiger partial charge >= 0.3 is 0 Å². The zero-order valence-corrected chi connectivity index (χ0v) is 17.2. The first-order chi connectivity index (χ1) is 11.2. The van der Waals surface area contributed by atoms with Gasteiger partial charge in [0.1, 0.15) is 0 Å². The van der Waals surface area contributed by atoms with Crippen LogP contribution < -0.4 is 0 Å². The average Bonchev–Trinajstić information content (AvgIpc) is 2.82. The van der Waals surface area contributed by atoms with Crippen molar-refractivity contribution in [1.29, 1.82) is 0 Å². The van der Waals surface area contributed by atoms with E-state index in [2.05, 4.69) is 26.6 Å². The number of aliphatic hydroxyl groups is 1. The van der Waals surface area contributed by atoms with Gasteiger partial charge in [-0.3, -0.25) is 0 Å². The van der Waals surface area contributed by atoms with Crippen molar-refractivity contribution >= 4 is 8.32 Å². The van der Waals surface area contributed by atoms with Crippen LogP contribution in [0.1, 0.15) is 71.1 Å². The zero-order valence-electron chi connectivity index (χ0n) is 16.2. The van der Waals surface area contributed by atoms with Crippen LogP contribution in [-0.4, -0.2) is 25.1 Å². The lowest BCUT2D eigenvalue weighted by atomic mass is 9.55. The van der Waals surface area contributed by atoms with Crippen molar-refractivity contribution in [2.24, 2.45) is 17.3 Å². The fourth-order valence-corrected chi connectivity index (χ4v) is 7.91. The summed E-state index contributed by atoms with van der Waals surface area (Å²) >= 11 is 0. The van der Waals surface area contributed by atoms with Crippen LogP contribution in [0.15, 0.2) is 11.1 Å². The topological polar surface area (TPSA) is 29.5 Å². The summed E-state index contributed by atoms with van der Waals surface area (Å²) in [6.45, 7) is 9.53. The molecule has 4 aliphatic carbocycles. The van der Waals surface area contributed by atoms with Crippen LogP contribution in [0.5, 0.6) is 0 Å². The standard InChI is InChI=1S/C21H36O2Si/c1-20-13-10-16-15(11-14-21(22)12-6-5-7-18(16)21)17(20)8-9-19(20)23-24(2,3)4/h15,17,19,22H,5-14H2,1-4H3/t15-,17+,19-,20+,21+/m1/s1. The second-order valence-electron chi connectivity index (χ2n) is 10.3. The Morgan fingerprint density at radius 2 is 1.79 bits per heavy atom. The second-order valence-corrected chi connectivity index (χ2v) is 14.8. The van der Waals surface area contributed by atoms with Crippen LogP contribution in [0.3, 0.4) is 0 Å². The van der Waals surface area contributed by atoms with E-state index in [-0.39, 0.29) is 0 Å². The van der Waals surface area contributed by atoms with Crippen molar-refractivity contribution in [2.75, 3.05) is 0 Å². The highest BCUT2D eigenvalue weighted by Crippen LogP contribution is 2.61. The third-order valence-corrected chi connectivity index (χ3v) is 8.76. The Kier molecular flexibility index (Phi) is 4.10. The van der Waals surface area contributed by atoms with Gasteiger partial charge in [-0.05, 0) is 107 Å². The molecule has 136 valence electrons. The van der Waals surface area contributed by atoms with Crippen LogP contribution in [0.2, 0.25) is 19.6 Å². The van der Waals surface area contributed by atoms with E-state index in [0.29, 0.717) is 11.5 Å². The van der Waals surface area contributed by atoms with Gasteiger partial charge < -0.3 is 9.53 Å². The first-order valence-corrected chi connectivity index (χ1v) is 13.8. The zero-order chi connectivity index (χ0) is 17.2. The quantitative estimate of drug-likeness (QED) is 0.533. The maximum Gasteiger partial charge on any atom is 0.184 e. The van der Waals surface area contributed by atoms with E-state index in [0.717, 1.165) is 24.7 Å². The van der Waals surface area contributed by atoms with Gasteiger partial charge in [0, 0.05) is 0 Å². The molecule has 4 rings (SSSR count). The van der Waals surface area contributed by atoms with Gasteiger partial charge in [0.15, 0.2) is 8.32 Å². The fourth-order valence-electron chi connectivity index (χ4n) is 6.67. The van der Waals surface area contributed by atoms with Gasteiger partial charge in [-0.1, -0.05) is 12.5 Å². The SMILES string of the molecule is C[C@]12CCC3=C4CCCC[C@]4(O)CC[C@H]3[C@@H]1CC[C@H]2O[Si](C)(C)C. The third-order valence-electron chi connectivity index (χ3n) is 7.77. The highest BCUT2D eigenvalue weighted by molar-refractivity contribution is 6.69. The molecule has 3 fully saturated rings. The van der Waals surface area contributed by atoms with Gasteiger partial charge in [0.25, 0.3) is 0 Å². The Hall–Kier alpha value is -0.123. The van der Waals surface area contributed by atoms with Crippen molar-refractivity contribution in [3.05, 3.63) is 11.1 Å². The molecule has 4 aliphatic rings. The van der Waals surface area contributed by atoms with Crippen molar-refractivity contribution in [1.82, 2.24) is 0 Å². The summed E-state index contributed by atoms with van der Waals surface area (Å²) in [5.74, 6) is 1.54. The largest absolute Gasteiger partial charge is 0.414 e. The summed E-state index contributed by atoms with van der Waals surface area (Å²) in [6, 6.07) is 0. The summed E-state index contributed by atoms with van der Waals surface area (Å²) in [6.07, 6.45) is 12.5. The fraction of sp³-hybridized carbons (Fsp3) is 0.905. The van der Waals surface area contributed by atoms with E-state index in [9.17, 15) is 5.11 Å². The third kappa shape index (κ3) is 2.66. The highest BCUT2D eigenvalue weighted by atomic mass is 28.4. The van der Waals surface area contributed by atoms with E-state index in [1.54, 1.807) is 5.57 Å². The molecule has 3 heteroatoms. The molecule has 0 unspecified atom stereocenters. The van der Waals surface area contributed by atoms with Crippen LogP contribution in [0, 0.1) is 17.3 Å². The average molecular weight is 349 g/mol. The van der Waals surface area contributed by atoms with Crippen molar-refractivity contribution < 1.29 is 9.53 Å². The minimum absolute atomic E-state index is 0.374. The predicted octanol–water partition coefficient (Wildman–Crippen LogP) is 5.43. The van der Waals surface area contributed by atoms with Gasteiger partial charge in [-0.15, -0.1) is 0 Å². The Morgan fingerprint density at radius 3 is 2.54 bits per heavy atom. The molecule has 0 aromatic heterocycles. The molecule has 5 atom stereocenters. The normalized spacial score (nSPS) is 45.6. The summed E-state index contributed by atoms with van der Waals surface area (Å²) < 4.78 is 6.65. The summed E-state index contributed by atoms with van der Waals surface area (Å²) in [5.41, 5.74) is 3.13. The molecular formula is C21H36O2Si. The summed E-state index contributed by atoms with van der Waals surface area (Å²) in [4.78, 5) is 0. The molecule has 3 saturated carbocycles. The van der Waals surface area contributed by atoms with Crippen LogP contribution in [0.4, 0.5) is 0 Å². The summed E-state index contributed by atoms with van der Waals surface area (Å²) in [5, 5.41) is 11.2. The number of allylic oxidation sites excluding steroid dienone is 1. The molecule has 0 aromatic rings. The van der Waals surface area contributed by atoms with Gasteiger partial charge in [-0.25, -0.2) is 0 Å². The van der Waals surface area contributed by atoms with E-state index in [4.69, 9.17) is 4.43 Å². The van der Waals surface area contributed by atoms with Gasteiger partial charge in [0.2, 0.25) is 0 Å². The molecule has 0 amide bonds. The lowest BCUT2D eigenvalue weighted by Gasteiger charge is -2.52. The Morgan fingerprint density at radius 1 is 1.00 bits per heavy atom. The molecule has 0 heterocycles. The molecule has 2 nitrogen and oxygen atoms in total. The number of hydrogen-bond donors (Lipinski definition) is 1. The van der Waals surface area contributed by atoms with Crippen molar-refractivity contribution in [3.8, 4) is 0 Å². The molecule has 0 spiro atoms. The summed E-state index contributed by atoms with van der Waals surface area (Å²) in [7, 11) is -1.48.